The van der Waals surface area contributed by atoms with E-state index in [4.69, 9.17) is 0 Å². The van der Waals surface area contributed by atoms with E-state index in [0.29, 0.717) is 0 Å². The Hall–Kier alpha value is -0.603. The Morgan fingerprint density at radius 2 is 1.76 bits per heavy atom. The van der Waals surface area contributed by atoms with Crippen molar-refractivity contribution in [3.05, 3.63) is 29.8 Å². The highest BCUT2D eigenvalue weighted by molar-refractivity contribution is 6.89. The largest absolute Gasteiger partial charge is 0.388 e. The van der Waals surface area contributed by atoms with E-state index in [2.05, 4.69) is 44.8 Å². The minimum absolute atomic E-state index is 0.274. The van der Waals surface area contributed by atoms with Crippen molar-refractivity contribution < 1.29 is 5.11 Å². The third-order valence-electron chi connectivity index (χ3n) is 3.21. The van der Waals surface area contributed by atoms with E-state index in [1.165, 1.54) is 23.6 Å². The first-order valence-electron chi connectivity index (χ1n) is 6.74. The second-order valence-corrected chi connectivity index (χ2v) is 10.9. The minimum atomic E-state index is -1.35. The lowest BCUT2D eigenvalue weighted by Gasteiger charge is -2.23. The molecule has 0 aliphatic rings. The predicted octanol–water partition coefficient (Wildman–Crippen LogP) is 3.85. The molecule has 0 amide bonds. The van der Waals surface area contributed by atoms with Gasteiger partial charge < -0.3 is 5.11 Å². The molecule has 1 N–H and O–H groups in total. The molecule has 0 aromatic heterocycles. The molecule has 1 aromatic rings. The van der Waals surface area contributed by atoms with Gasteiger partial charge in [-0.25, -0.2) is 0 Å². The molecular weight excluding hydrogens is 224 g/mol. The molecule has 0 aliphatic carbocycles. The predicted molar refractivity (Wildman–Crippen MR) is 78.5 cm³/mol. The van der Waals surface area contributed by atoms with Crippen molar-refractivity contribution in [2.75, 3.05) is 0 Å². The SMILES string of the molecule is CCCCCC(O)c1ccccc1[Si](C)(C)C. The van der Waals surface area contributed by atoms with Gasteiger partial charge in [-0.05, 0) is 12.0 Å². The summed E-state index contributed by atoms with van der Waals surface area (Å²) in [5, 5.41) is 11.7. The van der Waals surface area contributed by atoms with Crippen molar-refractivity contribution in [2.45, 2.75) is 58.4 Å². The molecule has 1 aromatic carbocycles. The van der Waals surface area contributed by atoms with E-state index in [-0.39, 0.29) is 6.10 Å². The van der Waals surface area contributed by atoms with Gasteiger partial charge in [-0.3, -0.25) is 0 Å². The monoisotopic (exact) mass is 250 g/mol. The average Bonchev–Trinajstić information content (AvgIpc) is 2.28. The molecule has 0 bridgehead atoms. The van der Waals surface area contributed by atoms with Crippen molar-refractivity contribution in [3.8, 4) is 0 Å². The van der Waals surface area contributed by atoms with Crippen molar-refractivity contribution >= 4 is 13.3 Å². The summed E-state index contributed by atoms with van der Waals surface area (Å²) in [7, 11) is -1.35. The third-order valence-corrected chi connectivity index (χ3v) is 5.28. The molecule has 17 heavy (non-hydrogen) atoms. The second-order valence-electron chi connectivity index (χ2n) is 5.85. The van der Waals surface area contributed by atoms with Gasteiger partial charge in [0.05, 0.1) is 14.2 Å². The van der Waals surface area contributed by atoms with Crippen LogP contribution in [0.25, 0.3) is 0 Å². The lowest BCUT2D eigenvalue weighted by atomic mass is 10.0. The molecular formula is C15H26OSi. The van der Waals surface area contributed by atoms with E-state index >= 15 is 0 Å². The van der Waals surface area contributed by atoms with Crippen LogP contribution in [0.3, 0.4) is 0 Å². The Balaban J connectivity index is 2.82. The molecule has 96 valence electrons. The zero-order valence-corrected chi connectivity index (χ0v) is 12.7. The molecule has 2 heteroatoms. The van der Waals surface area contributed by atoms with Crippen LogP contribution in [-0.4, -0.2) is 13.2 Å². The second kappa shape index (κ2) is 6.36. The highest BCUT2D eigenvalue weighted by Gasteiger charge is 2.22. The number of benzene rings is 1. The van der Waals surface area contributed by atoms with Crippen molar-refractivity contribution in [1.29, 1.82) is 0 Å². The summed E-state index contributed by atoms with van der Waals surface area (Å²) in [6.07, 6.45) is 4.17. The van der Waals surface area contributed by atoms with Crippen molar-refractivity contribution in [2.24, 2.45) is 0 Å². The Bertz CT molecular complexity index is 341. The van der Waals surface area contributed by atoms with Gasteiger partial charge in [0.1, 0.15) is 0 Å². The van der Waals surface area contributed by atoms with Crippen LogP contribution < -0.4 is 5.19 Å². The summed E-state index contributed by atoms with van der Waals surface area (Å²) in [6, 6.07) is 8.44. The fourth-order valence-corrected chi connectivity index (χ4v) is 3.93. The Labute approximate surface area is 107 Å². The smallest absolute Gasteiger partial charge is 0.0789 e. The molecule has 0 saturated heterocycles. The van der Waals surface area contributed by atoms with Crippen molar-refractivity contribution in [1.82, 2.24) is 0 Å². The van der Waals surface area contributed by atoms with Gasteiger partial charge in [0.2, 0.25) is 0 Å². The maximum absolute atomic E-state index is 10.3. The standard InChI is InChI=1S/C15H26OSi/c1-5-6-7-11-14(16)13-10-8-9-12-15(13)17(2,3)4/h8-10,12,14,16H,5-7,11H2,1-4H3. The summed E-state index contributed by atoms with van der Waals surface area (Å²) in [6.45, 7) is 9.21. The van der Waals surface area contributed by atoms with Crippen LogP contribution in [0, 0.1) is 0 Å². The van der Waals surface area contributed by atoms with Crippen LogP contribution in [0.5, 0.6) is 0 Å². The van der Waals surface area contributed by atoms with Crippen LogP contribution in [0.2, 0.25) is 19.6 Å². The Morgan fingerprint density at radius 3 is 2.35 bits per heavy atom. The quantitative estimate of drug-likeness (QED) is 0.601. The Kier molecular flexibility index (Phi) is 5.41. The molecule has 0 spiro atoms. The summed E-state index contributed by atoms with van der Waals surface area (Å²) < 4.78 is 0. The van der Waals surface area contributed by atoms with Gasteiger partial charge in [-0.1, -0.05) is 75.3 Å². The number of aliphatic hydroxyl groups is 1. The van der Waals surface area contributed by atoms with Gasteiger partial charge in [0, 0.05) is 0 Å². The van der Waals surface area contributed by atoms with Gasteiger partial charge in [-0.15, -0.1) is 0 Å². The fourth-order valence-electron chi connectivity index (χ4n) is 2.21. The first-order chi connectivity index (χ1) is 7.96. The molecule has 0 heterocycles. The lowest BCUT2D eigenvalue weighted by molar-refractivity contribution is 0.164. The maximum Gasteiger partial charge on any atom is 0.0789 e. The van der Waals surface area contributed by atoms with E-state index in [0.717, 1.165) is 12.8 Å². The third kappa shape index (κ3) is 4.28. The molecule has 1 rings (SSSR count). The summed E-state index contributed by atoms with van der Waals surface area (Å²) in [5.41, 5.74) is 1.17. The summed E-state index contributed by atoms with van der Waals surface area (Å²) in [4.78, 5) is 0. The summed E-state index contributed by atoms with van der Waals surface area (Å²) in [5.74, 6) is 0. The van der Waals surface area contributed by atoms with Gasteiger partial charge in [0.25, 0.3) is 0 Å². The zero-order valence-electron chi connectivity index (χ0n) is 11.7. The molecule has 1 nitrogen and oxygen atoms in total. The normalized spacial score (nSPS) is 13.7. The van der Waals surface area contributed by atoms with Gasteiger partial charge in [0.15, 0.2) is 0 Å². The highest BCUT2D eigenvalue weighted by atomic mass is 28.3. The van der Waals surface area contributed by atoms with E-state index < -0.39 is 8.07 Å². The van der Waals surface area contributed by atoms with E-state index in [1.54, 1.807) is 0 Å². The average molecular weight is 250 g/mol. The maximum atomic E-state index is 10.3. The number of hydrogen-bond acceptors (Lipinski definition) is 1. The fraction of sp³-hybridized carbons (Fsp3) is 0.600. The van der Waals surface area contributed by atoms with Crippen LogP contribution >= 0.6 is 0 Å². The molecule has 0 aliphatic heterocycles. The molecule has 1 unspecified atom stereocenters. The summed E-state index contributed by atoms with van der Waals surface area (Å²) >= 11 is 0. The first kappa shape index (κ1) is 14.5. The number of hydrogen-bond donors (Lipinski definition) is 1. The molecule has 0 fully saturated rings. The number of aliphatic hydroxyl groups excluding tert-OH is 1. The van der Waals surface area contributed by atoms with E-state index in [9.17, 15) is 5.11 Å². The first-order valence-corrected chi connectivity index (χ1v) is 10.2. The van der Waals surface area contributed by atoms with Gasteiger partial charge in [-0.2, -0.15) is 0 Å². The van der Waals surface area contributed by atoms with Gasteiger partial charge >= 0.3 is 0 Å². The number of rotatable bonds is 6. The zero-order chi connectivity index (χ0) is 12.9. The highest BCUT2D eigenvalue weighted by Crippen LogP contribution is 2.20. The topological polar surface area (TPSA) is 20.2 Å². The van der Waals surface area contributed by atoms with Crippen molar-refractivity contribution in [3.63, 3.8) is 0 Å². The molecule has 1 atom stereocenters. The lowest BCUT2D eigenvalue weighted by Crippen LogP contribution is -2.40. The molecule has 0 radical (unpaired) electrons. The van der Waals surface area contributed by atoms with Crippen LogP contribution in [-0.2, 0) is 0 Å². The van der Waals surface area contributed by atoms with Crippen LogP contribution in [0.1, 0.15) is 44.3 Å². The minimum Gasteiger partial charge on any atom is -0.388 e. The van der Waals surface area contributed by atoms with E-state index in [1.807, 2.05) is 6.07 Å². The molecule has 0 saturated carbocycles. The van der Waals surface area contributed by atoms with Crippen LogP contribution in [0.15, 0.2) is 24.3 Å². The van der Waals surface area contributed by atoms with Crippen LogP contribution in [0.4, 0.5) is 0 Å². The number of unbranched alkanes of at least 4 members (excludes halogenated alkanes) is 2. The Morgan fingerprint density at radius 1 is 1.12 bits per heavy atom.